The first kappa shape index (κ1) is 16.3. The highest BCUT2D eigenvalue weighted by molar-refractivity contribution is 4.89. The third-order valence-corrected chi connectivity index (χ3v) is 5.63. The van der Waals surface area contributed by atoms with E-state index in [1.165, 1.54) is 90.3 Å². The molecule has 2 nitrogen and oxygen atoms in total. The Balaban J connectivity index is 2.00. The first-order valence-electron chi connectivity index (χ1n) is 9.18. The Kier molecular flexibility index (Phi) is 6.83. The number of rotatable bonds is 6. The van der Waals surface area contributed by atoms with Crippen molar-refractivity contribution < 1.29 is 0 Å². The Morgan fingerprint density at radius 1 is 1.05 bits per heavy atom. The van der Waals surface area contributed by atoms with E-state index >= 15 is 0 Å². The minimum Gasteiger partial charge on any atom is -0.319 e. The molecule has 0 amide bonds. The average molecular weight is 280 g/mol. The summed E-state index contributed by atoms with van der Waals surface area (Å²) in [7, 11) is 2.15. The molecule has 2 rings (SSSR count). The molecule has 0 aromatic heterocycles. The van der Waals surface area contributed by atoms with Crippen LogP contribution in [0, 0.1) is 5.41 Å². The maximum absolute atomic E-state index is 3.52. The number of piperidine rings is 1. The van der Waals surface area contributed by atoms with Gasteiger partial charge in [0.25, 0.3) is 0 Å². The minimum atomic E-state index is 0.564. The number of hydrogen-bond acceptors (Lipinski definition) is 2. The van der Waals surface area contributed by atoms with Crippen LogP contribution in [-0.2, 0) is 0 Å². The van der Waals surface area contributed by atoms with E-state index in [1.807, 2.05) is 0 Å². The number of likely N-dealkylation sites (tertiary alicyclic amines) is 1. The van der Waals surface area contributed by atoms with Gasteiger partial charge < -0.3 is 5.32 Å². The van der Waals surface area contributed by atoms with Gasteiger partial charge >= 0.3 is 0 Å². The zero-order valence-electron chi connectivity index (χ0n) is 13.9. The molecule has 1 saturated carbocycles. The maximum Gasteiger partial charge on any atom is 0.00954 e. The molecule has 1 aliphatic carbocycles. The summed E-state index contributed by atoms with van der Waals surface area (Å²) in [6.45, 7) is 6.29. The zero-order chi connectivity index (χ0) is 14.3. The van der Waals surface area contributed by atoms with Gasteiger partial charge in [0.2, 0.25) is 0 Å². The van der Waals surface area contributed by atoms with Crippen molar-refractivity contribution in [3.63, 3.8) is 0 Å². The summed E-state index contributed by atoms with van der Waals surface area (Å²) in [6, 6.07) is 0.880. The Labute approximate surface area is 126 Å². The van der Waals surface area contributed by atoms with Gasteiger partial charge in [0, 0.05) is 19.1 Å². The lowest BCUT2D eigenvalue weighted by atomic mass is 9.78. The largest absolute Gasteiger partial charge is 0.319 e. The monoisotopic (exact) mass is 280 g/mol. The van der Waals surface area contributed by atoms with Crippen LogP contribution in [0.2, 0.25) is 0 Å². The summed E-state index contributed by atoms with van der Waals surface area (Å²) < 4.78 is 0. The Morgan fingerprint density at radius 3 is 2.45 bits per heavy atom. The van der Waals surface area contributed by atoms with E-state index in [2.05, 4.69) is 24.2 Å². The molecule has 1 unspecified atom stereocenters. The lowest BCUT2D eigenvalue weighted by Crippen LogP contribution is -2.49. The van der Waals surface area contributed by atoms with Gasteiger partial charge in [-0.3, -0.25) is 4.90 Å². The lowest BCUT2D eigenvalue weighted by molar-refractivity contribution is 0.0655. The smallest absolute Gasteiger partial charge is 0.00954 e. The van der Waals surface area contributed by atoms with Gasteiger partial charge in [-0.25, -0.2) is 0 Å². The molecule has 1 aliphatic heterocycles. The standard InChI is InChI=1S/C18H36N2/c1-3-10-17-11-6-9-14-20(17)16-18(15-19-2)12-7-4-5-8-13-18/h17,19H,3-16H2,1-2H3. The molecule has 2 aliphatic rings. The van der Waals surface area contributed by atoms with E-state index in [0.29, 0.717) is 5.41 Å². The van der Waals surface area contributed by atoms with Crippen LogP contribution in [-0.4, -0.2) is 37.6 Å². The predicted molar refractivity (Wildman–Crippen MR) is 88.2 cm³/mol. The summed E-state index contributed by atoms with van der Waals surface area (Å²) in [5.41, 5.74) is 0.564. The van der Waals surface area contributed by atoms with Crippen LogP contribution in [0.5, 0.6) is 0 Å². The highest BCUT2D eigenvalue weighted by atomic mass is 15.2. The fraction of sp³-hybridized carbons (Fsp3) is 1.00. The first-order chi connectivity index (χ1) is 9.79. The molecule has 0 radical (unpaired) electrons. The topological polar surface area (TPSA) is 15.3 Å². The number of hydrogen-bond donors (Lipinski definition) is 1. The summed E-state index contributed by atoms with van der Waals surface area (Å²) >= 11 is 0. The SMILES string of the molecule is CCCC1CCCCN1CC1(CNC)CCCCCC1. The molecule has 118 valence electrons. The Hall–Kier alpha value is -0.0800. The maximum atomic E-state index is 3.52. The average Bonchev–Trinajstić information content (AvgIpc) is 2.68. The molecule has 2 fully saturated rings. The molecular formula is C18H36N2. The van der Waals surface area contributed by atoms with E-state index in [9.17, 15) is 0 Å². The predicted octanol–water partition coefficient (Wildman–Crippen LogP) is 4.20. The van der Waals surface area contributed by atoms with Crippen molar-refractivity contribution >= 4 is 0 Å². The second-order valence-corrected chi connectivity index (χ2v) is 7.35. The molecule has 0 aromatic carbocycles. The zero-order valence-corrected chi connectivity index (χ0v) is 13.9. The van der Waals surface area contributed by atoms with Crippen LogP contribution in [0.25, 0.3) is 0 Å². The molecular weight excluding hydrogens is 244 g/mol. The summed E-state index contributed by atoms with van der Waals surface area (Å²) in [5, 5.41) is 3.52. The van der Waals surface area contributed by atoms with Gasteiger partial charge in [0.15, 0.2) is 0 Å². The van der Waals surface area contributed by atoms with Crippen LogP contribution < -0.4 is 5.32 Å². The van der Waals surface area contributed by atoms with Crippen molar-refractivity contribution in [1.82, 2.24) is 10.2 Å². The molecule has 0 bridgehead atoms. The van der Waals surface area contributed by atoms with Crippen molar-refractivity contribution in [3.05, 3.63) is 0 Å². The molecule has 1 atom stereocenters. The van der Waals surface area contributed by atoms with E-state index < -0.39 is 0 Å². The first-order valence-corrected chi connectivity index (χ1v) is 9.18. The second-order valence-electron chi connectivity index (χ2n) is 7.35. The molecule has 1 N–H and O–H groups in total. The highest BCUT2D eigenvalue weighted by Gasteiger charge is 2.34. The number of nitrogens with one attached hydrogen (secondary N) is 1. The fourth-order valence-corrected chi connectivity index (χ4v) is 4.60. The number of nitrogens with zero attached hydrogens (tertiary/aromatic N) is 1. The summed E-state index contributed by atoms with van der Waals surface area (Å²) in [5.74, 6) is 0. The second kappa shape index (κ2) is 8.38. The summed E-state index contributed by atoms with van der Waals surface area (Å²) in [4.78, 5) is 2.87. The third kappa shape index (κ3) is 4.46. The van der Waals surface area contributed by atoms with E-state index in [0.717, 1.165) is 6.04 Å². The minimum absolute atomic E-state index is 0.564. The van der Waals surface area contributed by atoms with E-state index in [-0.39, 0.29) is 0 Å². The van der Waals surface area contributed by atoms with Crippen LogP contribution in [0.4, 0.5) is 0 Å². The van der Waals surface area contributed by atoms with Gasteiger partial charge in [-0.15, -0.1) is 0 Å². The quantitative estimate of drug-likeness (QED) is 0.734. The molecule has 0 spiro atoms. The van der Waals surface area contributed by atoms with Crippen molar-refractivity contribution in [2.24, 2.45) is 5.41 Å². The lowest BCUT2D eigenvalue weighted by Gasteiger charge is -2.43. The normalized spacial score (nSPS) is 28.2. The van der Waals surface area contributed by atoms with Crippen LogP contribution >= 0.6 is 0 Å². The molecule has 0 aromatic rings. The van der Waals surface area contributed by atoms with Crippen LogP contribution in [0.15, 0.2) is 0 Å². The van der Waals surface area contributed by atoms with Gasteiger partial charge in [-0.05, 0) is 51.1 Å². The highest BCUT2D eigenvalue weighted by Crippen LogP contribution is 2.37. The Bertz CT molecular complexity index is 254. The van der Waals surface area contributed by atoms with E-state index in [1.54, 1.807) is 0 Å². The molecule has 1 saturated heterocycles. The summed E-state index contributed by atoms with van der Waals surface area (Å²) in [6.07, 6.45) is 15.8. The molecule has 2 heteroatoms. The van der Waals surface area contributed by atoms with Crippen molar-refractivity contribution in [2.45, 2.75) is 83.6 Å². The van der Waals surface area contributed by atoms with Crippen molar-refractivity contribution in [1.29, 1.82) is 0 Å². The van der Waals surface area contributed by atoms with Gasteiger partial charge in [0.05, 0.1) is 0 Å². The van der Waals surface area contributed by atoms with E-state index in [4.69, 9.17) is 0 Å². The third-order valence-electron chi connectivity index (χ3n) is 5.63. The molecule has 20 heavy (non-hydrogen) atoms. The fourth-order valence-electron chi connectivity index (χ4n) is 4.60. The van der Waals surface area contributed by atoms with Crippen LogP contribution in [0.1, 0.15) is 77.6 Å². The van der Waals surface area contributed by atoms with Crippen molar-refractivity contribution in [2.75, 3.05) is 26.7 Å². The van der Waals surface area contributed by atoms with Gasteiger partial charge in [-0.1, -0.05) is 45.4 Å². The van der Waals surface area contributed by atoms with Gasteiger partial charge in [0.1, 0.15) is 0 Å². The Morgan fingerprint density at radius 2 is 1.80 bits per heavy atom. The van der Waals surface area contributed by atoms with Crippen LogP contribution in [0.3, 0.4) is 0 Å². The van der Waals surface area contributed by atoms with Crippen molar-refractivity contribution in [3.8, 4) is 0 Å². The van der Waals surface area contributed by atoms with Gasteiger partial charge in [-0.2, -0.15) is 0 Å². The molecule has 1 heterocycles.